The average molecular weight is 327 g/mol. The maximum Gasteiger partial charge on any atom is 0.227 e. The number of hydrogen-bond donors (Lipinski definition) is 0. The van der Waals surface area contributed by atoms with E-state index in [1.165, 1.54) is 10.6 Å². The second-order valence-corrected chi connectivity index (χ2v) is 8.26. The summed E-state index contributed by atoms with van der Waals surface area (Å²) in [5.74, 6) is 0.515. The number of piperidine rings is 1. The molecule has 1 aromatic rings. The van der Waals surface area contributed by atoms with Gasteiger partial charge in [0.15, 0.2) is 0 Å². The summed E-state index contributed by atoms with van der Waals surface area (Å²) in [4.78, 5) is 14.5. The van der Waals surface area contributed by atoms with Gasteiger partial charge in [-0.25, -0.2) is 8.42 Å². The molecule has 8 heteroatoms. The van der Waals surface area contributed by atoms with Crippen LogP contribution in [0, 0.1) is 19.8 Å². The van der Waals surface area contributed by atoms with E-state index in [1.807, 2.05) is 18.7 Å². The Bertz CT molecular complexity index is 677. The molecule has 4 heterocycles. The van der Waals surface area contributed by atoms with Gasteiger partial charge in [0.2, 0.25) is 15.9 Å². The fraction of sp³-hybridized carbons (Fsp3) is 0.714. The van der Waals surface area contributed by atoms with Crippen LogP contribution in [0.1, 0.15) is 29.9 Å². The highest BCUT2D eigenvalue weighted by atomic mass is 32.2. The third kappa shape index (κ3) is 2.65. The van der Waals surface area contributed by atoms with Gasteiger partial charge in [0.1, 0.15) is 5.76 Å². The first kappa shape index (κ1) is 15.5. The Labute approximate surface area is 130 Å². The maximum atomic E-state index is 12.7. The summed E-state index contributed by atoms with van der Waals surface area (Å²) in [5, 5.41) is 3.93. The molecule has 0 radical (unpaired) electrons. The summed E-state index contributed by atoms with van der Waals surface area (Å²) < 4.78 is 30.3. The highest BCUT2D eigenvalue weighted by Gasteiger charge is 2.43. The number of aryl methyl sites for hydroxylation is 2. The number of fused-ring (bicyclic) bond motifs is 4. The zero-order chi connectivity index (χ0) is 16.1. The molecule has 1 aromatic heterocycles. The summed E-state index contributed by atoms with van der Waals surface area (Å²) in [7, 11) is -3.28. The molecule has 1 amide bonds. The number of amides is 1. The lowest BCUT2D eigenvalue weighted by atomic mass is 9.93. The second-order valence-electron chi connectivity index (χ2n) is 6.28. The smallest absolute Gasteiger partial charge is 0.227 e. The predicted molar refractivity (Wildman–Crippen MR) is 79.5 cm³/mol. The van der Waals surface area contributed by atoms with Gasteiger partial charge < -0.3 is 9.42 Å². The third-order valence-corrected chi connectivity index (χ3v) is 5.97. The molecule has 22 heavy (non-hydrogen) atoms. The molecule has 0 aromatic carbocycles. The SMILES string of the molecule is Cc1noc(C)c1CN1C(=O)[C@H]2CC[C@@H]1CN(S(C)(=O)=O)C2. The zero-order valence-electron chi connectivity index (χ0n) is 13.1. The van der Waals surface area contributed by atoms with Gasteiger partial charge in [-0.05, 0) is 26.7 Å². The van der Waals surface area contributed by atoms with Crippen molar-refractivity contribution >= 4 is 15.9 Å². The van der Waals surface area contributed by atoms with E-state index in [1.54, 1.807) is 0 Å². The van der Waals surface area contributed by atoms with E-state index in [4.69, 9.17) is 4.52 Å². The fourth-order valence-electron chi connectivity index (χ4n) is 3.38. The Hall–Kier alpha value is -1.41. The monoisotopic (exact) mass is 327 g/mol. The molecule has 4 rings (SSSR count). The van der Waals surface area contributed by atoms with Crippen LogP contribution in [0.3, 0.4) is 0 Å². The summed E-state index contributed by atoms with van der Waals surface area (Å²) in [6.45, 7) is 4.81. The fourth-order valence-corrected chi connectivity index (χ4v) is 4.27. The number of aromatic nitrogens is 1. The topological polar surface area (TPSA) is 83.7 Å². The molecule has 3 saturated heterocycles. The first-order chi connectivity index (χ1) is 10.3. The number of carbonyl (C=O) groups excluding carboxylic acids is 1. The molecule has 0 unspecified atom stereocenters. The highest BCUT2D eigenvalue weighted by molar-refractivity contribution is 7.88. The van der Waals surface area contributed by atoms with Crippen molar-refractivity contribution in [1.29, 1.82) is 0 Å². The Balaban J connectivity index is 1.89. The molecule has 0 spiro atoms. The molecular weight excluding hydrogens is 306 g/mol. The summed E-state index contributed by atoms with van der Waals surface area (Å²) in [6, 6.07) is -0.0744. The predicted octanol–water partition coefficient (Wildman–Crippen LogP) is 0.674. The van der Waals surface area contributed by atoms with Crippen LogP contribution in [0.25, 0.3) is 0 Å². The lowest BCUT2D eigenvalue weighted by Crippen LogP contribution is -2.47. The minimum atomic E-state index is -3.28. The van der Waals surface area contributed by atoms with Gasteiger partial charge in [-0.1, -0.05) is 5.16 Å². The molecule has 0 aliphatic carbocycles. The zero-order valence-corrected chi connectivity index (χ0v) is 13.9. The van der Waals surface area contributed by atoms with Crippen molar-refractivity contribution in [3.8, 4) is 0 Å². The normalized spacial score (nSPS) is 26.5. The summed E-state index contributed by atoms with van der Waals surface area (Å²) >= 11 is 0. The molecule has 122 valence electrons. The Morgan fingerprint density at radius 3 is 2.59 bits per heavy atom. The lowest BCUT2D eigenvalue weighted by molar-refractivity contribution is -0.140. The largest absolute Gasteiger partial charge is 0.361 e. The number of nitrogens with zero attached hydrogens (tertiary/aromatic N) is 3. The standard InChI is InChI=1S/C14H21N3O4S/c1-9-13(10(2)21-15-9)8-17-12-5-4-11(14(17)18)6-16(7-12)22(3,19)20/h11-12H,4-8H2,1-3H3/t11-,12+/m0/s1. The van der Waals surface area contributed by atoms with Crippen molar-refractivity contribution in [2.24, 2.45) is 5.92 Å². The number of sulfonamides is 1. The van der Waals surface area contributed by atoms with E-state index in [-0.39, 0.29) is 17.9 Å². The molecular formula is C14H21N3O4S. The van der Waals surface area contributed by atoms with Crippen LogP contribution in [-0.4, -0.2) is 54.1 Å². The molecule has 2 bridgehead atoms. The molecule has 7 nitrogen and oxygen atoms in total. The van der Waals surface area contributed by atoms with E-state index in [0.717, 1.165) is 24.1 Å². The van der Waals surface area contributed by atoms with Gasteiger partial charge in [-0.3, -0.25) is 4.79 Å². The van der Waals surface area contributed by atoms with Crippen LogP contribution in [0.2, 0.25) is 0 Å². The van der Waals surface area contributed by atoms with Crippen LogP contribution < -0.4 is 0 Å². The van der Waals surface area contributed by atoms with E-state index >= 15 is 0 Å². The molecule has 3 aliphatic rings. The third-order valence-electron chi connectivity index (χ3n) is 4.74. The Morgan fingerprint density at radius 2 is 2.00 bits per heavy atom. The maximum absolute atomic E-state index is 12.7. The van der Waals surface area contributed by atoms with Crippen molar-refractivity contribution in [3.05, 3.63) is 17.0 Å². The molecule has 0 saturated carbocycles. The van der Waals surface area contributed by atoms with Crippen LogP contribution in [0.15, 0.2) is 4.52 Å². The van der Waals surface area contributed by atoms with Gasteiger partial charge in [-0.2, -0.15) is 4.31 Å². The van der Waals surface area contributed by atoms with Gasteiger partial charge >= 0.3 is 0 Å². The van der Waals surface area contributed by atoms with Gasteiger partial charge in [0.25, 0.3) is 0 Å². The lowest BCUT2D eigenvalue weighted by Gasteiger charge is -2.35. The number of rotatable bonds is 3. The van der Waals surface area contributed by atoms with Crippen LogP contribution in [0.4, 0.5) is 0 Å². The summed E-state index contributed by atoms with van der Waals surface area (Å²) in [6.07, 6.45) is 2.81. The first-order valence-corrected chi connectivity index (χ1v) is 9.29. The van der Waals surface area contributed by atoms with Crippen molar-refractivity contribution < 1.29 is 17.7 Å². The van der Waals surface area contributed by atoms with E-state index < -0.39 is 10.0 Å². The number of carbonyl (C=O) groups is 1. The van der Waals surface area contributed by atoms with E-state index in [0.29, 0.717) is 25.4 Å². The second kappa shape index (κ2) is 5.34. The molecule has 0 N–H and O–H groups in total. The Morgan fingerprint density at radius 1 is 1.27 bits per heavy atom. The van der Waals surface area contributed by atoms with E-state index in [9.17, 15) is 13.2 Å². The van der Waals surface area contributed by atoms with Crippen LogP contribution in [-0.2, 0) is 21.4 Å². The minimum absolute atomic E-state index is 0.0439. The van der Waals surface area contributed by atoms with E-state index in [2.05, 4.69) is 5.16 Å². The summed E-state index contributed by atoms with van der Waals surface area (Å²) in [5.41, 5.74) is 1.71. The highest BCUT2D eigenvalue weighted by Crippen LogP contribution is 2.32. The van der Waals surface area contributed by atoms with Crippen molar-refractivity contribution in [2.45, 2.75) is 39.3 Å². The quantitative estimate of drug-likeness (QED) is 0.815. The number of hydrogen-bond acceptors (Lipinski definition) is 5. The molecule has 3 fully saturated rings. The van der Waals surface area contributed by atoms with Crippen LogP contribution in [0.5, 0.6) is 0 Å². The average Bonchev–Trinajstić information content (AvgIpc) is 2.64. The van der Waals surface area contributed by atoms with Gasteiger partial charge in [0, 0.05) is 24.7 Å². The van der Waals surface area contributed by atoms with Gasteiger partial charge in [0.05, 0.1) is 24.4 Å². The van der Waals surface area contributed by atoms with Crippen molar-refractivity contribution in [1.82, 2.24) is 14.4 Å². The van der Waals surface area contributed by atoms with Gasteiger partial charge in [-0.15, -0.1) is 0 Å². The van der Waals surface area contributed by atoms with Crippen molar-refractivity contribution in [2.75, 3.05) is 19.3 Å². The van der Waals surface area contributed by atoms with Crippen LogP contribution >= 0.6 is 0 Å². The minimum Gasteiger partial charge on any atom is -0.361 e. The Kier molecular flexibility index (Phi) is 3.76. The molecule has 3 aliphatic heterocycles. The van der Waals surface area contributed by atoms with Crippen molar-refractivity contribution in [3.63, 3.8) is 0 Å². The first-order valence-electron chi connectivity index (χ1n) is 7.44. The molecule has 2 atom stereocenters.